The highest BCUT2D eigenvalue weighted by Gasteiger charge is 2.41. The van der Waals surface area contributed by atoms with Crippen molar-refractivity contribution in [2.75, 3.05) is 44.3 Å². The summed E-state index contributed by atoms with van der Waals surface area (Å²) in [6, 6.07) is 13.6. The van der Waals surface area contributed by atoms with Crippen LogP contribution in [-0.2, 0) is 4.74 Å². The number of aromatic nitrogens is 3. The van der Waals surface area contributed by atoms with Crippen molar-refractivity contribution in [2.45, 2.75) is 12.8 Å². The second-order valence-electron chi connectivity index (χ2n) is 8.67. The number of carbonyl (C=O) groups excluding carboxylic acids is 1. The lowest BCUT2D eigenvalue weighted by molar-refractivity contribution is 0.0135. The van der Waals surface area contributed by atoms with Crippen LogP contribution in [0, 0.1) is 5.41 Å². The summed E-state index contributed by atoms with van der Waals surface area (Å²) in [4.78, 5) is 30.5. The predicted molar refractivity (Wildman–Crippen MR) is 122 cm³/mol. The summed E-state index contributed by atoms with van der Waals surface area (Å²) >= 11 is 0. The molecule has 5 rings (SSSR count). The van der Waals surface area contributed by atoms with Gasteiger partial charge in [0.05, 0.1) is 13.2 Å². The third-order valence-electron chi connectivity index (χ3n) is 6.37. The molecular formula is C25H27N5O2. The Morgan fingerprint density at radius 2 is 1.66 bits per heavy atom. The van der Waals surface area contributed by atoms with Crippen LogP contribution in [0.25, 0.3) is 11.1 Å². The van der Waals surface area contributed by atoms with Gasteiger partial charge in [-0.05, 0) is 54.3 Å². The van der Waals surface area contributed by atoms with Crippen LogP contribution in [0.15, 0.2) is 67.3 Å². The van der Waals surface area contributed by atoms with Gasteiger partial charge in [-0.15, -0.1) is 0 Å². The lowest BCUT2D eigenvalue weighted by Crippen LogP contribution is -2.52. The van der Waals surface area contributed by atoms with Crippen LogP contribution >= 0.6 is 0 Å². The van der Waals surface area contributed by atoms with Crippen molar-refractivity contribution in [2.24, 2.45) is 5.41 Å². The van der Waals surface area contributed by atoms with Crippen molar-refractivity contribution in [3.63, 3.8) is 0 Å². The molecule has 2 saturated heterocycles. The van der Waals surface area contributed by atoms with E-state index in [1.807, 2.05) is 47.4 Å². The molecule has 0 N–H and O–H groups in total. The van der Waals surface area contributed by atoms with Crippen molar-refractivity contribution in [1.29, 1.82) is 0 Å². The second-order valence-corrected chi connectivity index (χ2v) is 8.67. The van der Waals surface area contributed by atoms with E-state index in [9.17, 15) is 4.79 Å². The zero-order valence-corrected chi connectivity index (χ0v) is 18.1. The highest BCUT2D eigenvalue weighted by Crippen LogP contribution is 2.34. The Morgan fingerprint density at radius 1 is 0.906 bits per heavy atom. The van der Waals surface area contributed by atoms with Gasteiger partial charge in [-0.25, -0.2) is 9.97 Å². The van der Waals surface area contributed by atoms with Crippen molar-refractivity contribution < 1.29 is 9.53 Å². The zero-order chi connectivity index (χ0) is 21.8. The number of carbonyl (C=O) groups is 1. The molecule has 3 aromatic rings. The van der Waals surface area contributed by atoms with Crippen LogP contribution in [0.4, 0.5) is 5.95 Å². The van der Waals surface area contributed by atoms with Crippen LogP contribution in [0.1, 0.15) is 23.2 Å². The van der Waals surface area contributed by atoms with Crippen LogP contribution in [-0.4, -0.2) is 65.2 Å². The minimum Gasteiger partial charge on any atom is -0.379 e. The lowest BCUT2D eigenvalue weighted by atomic mass is 9.80. The first kappa shape index (κ1) is 20.6. The van der Waals surface area contributed by atoms with Crippen molar-refractivity contribution >= 4 is 11.9 Å². The summed E-state index contributed by atoms with van der Waals surface area (Å²) in [5.41, 5.74) is 2.78. The molecule has 2 aromatic heterocycles. The maximum atomic E-state index is 13.3. The van der Waals surface area contributed by atoms with E-state index >= 15 is 0 Å². The Labute approximate surface area is 188 Å². The molecule has 164 valence electrons. The maximum Gasteiger partial charge on any atom is 0.253 e. The number of hydrogen-bond donors (Lipinski definition) is 0. The molecule has 0 radical (unpaired) electrons. The Morgan fingerprint density at radius 3 is 2.44 bits per heavy atom. The molecule has 0 bridgehead atoms. The quantitative estimate of drug-likeness (QED) is 0.636. The molecule has 0 saturated carbocycles. The molecule has 7 nitrogen and oxygen atoms in total. The minimum absolute atomic E-state index is 0.0807. The molecule has 0 aliphatic carbocycles. The molecule has 2 aliphatic rings. The fraction of sp³-hybridized carbons (Fsp3) is 0.360. The number of likely N-dealkylation sites (tertiary alicyclic amines) is 1. The monoisotopic (exact) mass is 429 g/mol. The van der Waals surface area contributed by atoms with E-state index in [4.69, 9.17) is 4.74 Å². The van der Waals surface area contributed by atoms with E-state index in [0.29, 0.717) is 19.8 Å². The molecule has 1 aromatic carbocycles. The first-order valence-electron chi connectivity index (χ1n) is 11.1. The zero-order valence-electron chi connectivity index (χ0n) is 18.1. The van der Waals surface area contributed by atoms with Crippen molar-refractivity contribution in [3.8, 4) is 11.1 Å². The molecule has 2 fully saturated rings. The molecule has 1 amide bonds. The number of anilines is 1. The van der Waals surface area contributed by atoms with Gasteiger partial charge >= 0.3 is 0 Å². The Hall–Kier alpha value is -3.32. The molecule has 4 heterocycles. The van der Waals surface area contributed by atoms with E-state index in [0.717, 1.165) is 55.1 Å². The molecule has 1 spiro atoms. The van der Waals surface area contributed by atoms with Gasteiger partial charge in [0.2, 0.25) is 5.95 Å². The van der Waals surface area contributed by atoms with E-state index in [2.05, 4.69) is 19.9 Å². The minimum atomic E-state index is -0.111. The third kappa shape index (κ3) is 4.34. The van der Waals surface area contributed by atoms with Crippen molar-refractivity contribution in [3.05, 3.63) is 72.8 Å². The van der Waals surface area contributed by atoms with Gasteiger partial charge in [-0.1, -0.05) is 12.1 Å². The molecule has 1 atom stereocenters. The smallest absolute Gasteiger partial charge is 0.253 e. The first-order chi connectivity index (χ1) is 15.7. The number of hydrogen-bond acceptors (Lipinski definition) is 6. The number of benzene rings is 1. The number of nitrogens with zero attached hydrogens (tertiary/aromatic N) is 5. The molecule has 2 aliphatic heterocycles. The summed E-state index contributed by atoms with van der Waals surface area (Å²) < 4.78 is 6.00. The fourth-order valence-corrected chi connectivity index (χ4v) is 4.78. The summed E-state index contributed by atoms with van der Waals surface area (Å²) in [5, 5.41) is 0. The average Bonchev–Trinajstić information content (AvgIpc) is 3.07. The van der Waals surface area contributed by atoms with Crippen LogP contribution in [0.2, 0.25) is 0 Å². The van der Waals surface area contributed by atoms with Gasteiger partial charge in [0.1, 0.15) is 0 Å². The highest BCUT2D eigenvalue weighted by molar-refractivity contribution is 5.94. The summed E-state index contributed by atoms with van der Waals surface area (Å²) in [6.45, 7) is 4.30. The maximum absolute atomic E-state index is 13.3. The standard InChI is InChI=1S/C25H27N5O2/c31-23(22-5-3-20(4-6-22)21-7-12-26-13-8-21)29-14-1-9-25(17-29)18-30(15-16-32-19-25)24-27-10-2-11-28-24/h2-8,10-13H,1,9,14-19H2. The van der Waals surface area contributed by atoms with Gasteiger partial charge in [-0.2, -0.15) is 0 Å². The van der Waals surface area contributed by atoms with Crippen LogP contribution in [0.3, 0.4) is 0 Å². The van der Waals surface area contributed by atoms with Gasteiger partial charge in [0.15, 0.2) is 0 Å². The highest BCUT2D eigenvalue weighted by atomic mass is 16.5. The summed E-state index contributed by atoms with van der Waals surface area (Å²) in [7, 11) is 0. The van der Waals surface area contributed by atoms with Gasteiger partial charge in [0.25, 0.3) is 5.91 Å². The Bertz CT molecular complexity index is 1040. The Balaban J connectivity index is 1.32. The molecule has 7 heteroatoms. The van der Waals surface area contributed by atoms with Crippen LogP contribution in [0.5, 0.6) is 0 Å². The first-order valence-corrected chi connectivity index (χ1v) is 11.1. The second kappa shape index (κ2) is 9.04. The Kier molecular flexibility index (Phi) is 5.81. The van der Waals surface area contributed by atoms with Gasteiger partial charge < -0.3 is 14.5 Å². The third-order valence-corrected chi connectivity index (χ3v) is 6.37. The van der Waals surface area contributed by atoms with E-state index < -0.39 is 0 Å². The number of amides is 1. The normalized spacial score (nSPS) is 21.4. The largest absolute Gasteiger partial charge is 0.379 e. The van der Waals surface area contributed by atoms with Crippen molar-refractivity contribution in [1.82, 2.24) is 19.9 Å². The van der Waals surface area contributed by atoms with E-state index in [1.54, 1.807) is 24.8 Å². The average molecular weight is 430 g/mol. The molecule has 32 heavy (non-hydrogen) atoms. The summed E-state index contributed by atoms with van der Waals surface area (Å²) in [6.07, 6.45) is 9.09. The SMILES string of the molecule is O=C(c1ccc(-c2ccncc2)cc1)N1CCCC2(COCCN(c3ncccn3)C2)C1. The fourth-order valence-electron chi connectivity index (χ4n) is 4.78. The molecular weight excluding hydrogens is 402 g/mol. The van der Waals surface area contributed by atoms with Gasteiger partial charge in [-0.3, -0.25) is 9.78 Å². The molecule has 1 unspecified atom stereocenters. The van der Waals surface area contributed by atoms with E-state index in [-0.39, 0.29) is 11.3 Å². The number of piperidine rings is 1. The number of rotatable bonds is 3. The number of pyridine rings is 1. The van der Waals surface area contributed by atoms with Crippen LogP contribution < -0.4 is 4.90 Å². The van der Waals surface area contributed by atoms with Gasteiger partial charge in [0, 0.05) is 61.9 Å². The predicted octanol–water partition coefficient (Wildman–Crippen LogP) is 3.30. The lowest BCUT2D eigenvalue weighted by Gasteiger charge is -2.43. The van der Waals surface area contributed by atoms with E-state index in [1.165, 1.54) is 0 Å². The summed E-state index contributed by atoms with van der Waals surface area (Å²) in [5.74, 6) is 0.810. The number of ether oxygens (including phenoxy) is 1. The topological polar surface area (TPSA) is 71.5 Å².